The first kappa shape index (κ1) is 7.18. The van der Waals surface area contributed by atoms with Gasteiger partial charge >= 0.3 is 0 Å². The summed E-state index contributed by atoms with van der Waals surface area (Å²) in [5.74, 6) is 0. The van der Waals surface area contributed by atoms with Gasteiger partial charge in [-0.3, -0.25) is 4.79 Å². The number of thiol groups is 2. The molecule has 1 heterocycles. The molecule has 0 bridgehead atoms. The summed E-state index contributed by atoms with van der Waals surface area (Å²) >= 11 is 9.36. The van der Waals surface area contributed by atoms with Gasteiger partial charge in [-0.1, -0.05) is 0 Å². The van der Waals surface area contributed by atoms with E-state index >= 15 is 0 Å². The molecule has 0 saturated heterocycles. The molecule has 0 fully saturated rings. The van der Waals surface area contributed by atoms with E-state index in [2.05, 4.69) is 25.3 Å². The lowest BCUT2D eigenvalue weighted by molar-refractivity contribution is 1.49. The Bertz CT molecular complexity index is 242. The van der Waals surface area contributed by atoms with Crippen LogP contribution >= 0.6 is 36.6 Å². The molecule has 0 aromatic carbocycles. The molecule has 0 aliphatic rings. The highest BCUT2D eigenvalue weighted by Crippen LogP contribution is 2.16. The summed E-state index contributed by atoms with van der Waals surface area (Å²) in [6.45, 7) is 0. The first-order valence-corrected chi connectivity index (χ1v) is 3.93. The third-order valence-corrected chi connectivity index (χ3v) is 2.20. The highest BCUT2D eigenvalue weighted by molar-refractivity contribution is 7.85. The van der Waals surface area contributed by atoms with Gasteiger partial charge in [0.2, 0.25) is 0 Å². The topological polar surface area (TPSA) is 17.1 Å². The van der Waals surface area contributed by atoms with Crippen molar-refractivity contribution in [2.24, 2.45) is 0 Å². The summed E-state index contributed by atoms with van der Waals surface area (Å²) in [5, 5.41) is 0. The van der Waals surface area contributed by atoms with E-state index < -0.39 is 0 Å². The molecule has 0 spiro atoms. The number of hydrogen-bond acceptors (Lipinski definition) is 4. The van der Waals surface area contributed by atoms with Crippen LogP contribution in [0.3, 0.4) is 0 Å². The van der Waals surface area contributed by atoms with E-state index in [1.165, 1.54) is 23.5 Å². The Morgan fingerprint density at radius 3 is 2.00 bits per heavy atom. The first-order chi connectivity index (χ1) is 4.18. The van der Waals surface area contributed by atoms with E-state index in [0.717, 1.165) is 0 Å². The molecule has 4 heteroatoms. The molecule has 0 saturated carbocycles. The Kier molecular flexibility index (Phi) is 2.21. The summed E-state index contributed by atoms with van der Waals surface area (Å²) in [6, 6.07) is 2.93. The molecule has 9 heavy (non-hydrogen) atoms. The van der Waals surface area contributed by atoms with Crippen molar-refractivity contribution in [3.63, 3.8) is 0 Å². The minimum absolute atomic E-state index is 0.0382. The van der Waals surface area contributed by atoms with Crippen LogP contribution in [0, 0.1) is 0 Å². The van der Waals surface area contributed by atoms with Crippen LogP contribution in [-0.2, 0) is 0 Å². The van der Waals surface area contributed by atoms with Crippen molar-refractivity contribution in [3.8, 4) is 0 Å². The molecule has 1 aromatic rings. The van der Waals surface area contributed by atoms with Crippen molar-refractivity contribution in [2.45, 2.75) is 8.42 Å². The van der Waals surface area contributed by atoms with E-state index in [1.807, 2.05) is 0 Å². The van der Waals surface area contributed by atoms with E-state index in [0.29, 0.717) is 8.42 Å². The molecule has 0 atom stereocenters. The van der Waals surface area contributed by atoms with Gasteiger partial charge in [-0.2, -0.15) is 0 Å². The monoisotopic (exact) mass is 176 g/mol. The Labute approximate surface area is 67.6 Å². The lowest BCUT2D eigenvalue weighted by atomic mass is 10.5. The number of rotatable bonds is 0. The Morgan fingerprint density at radius 1 is 1.22 bits per heavy atom. The lowest BCUT2D eigenvalue weighted by Crippen LogP contribution is -1.93. The second kappa shape index (κ2) is 2.77. The van der Waals surface area contributed by atoms with Gasteiger partial charge in [0, 0.05) is 12.1 Å². The van der Waals surface area contributed by atoms with Crippen LogP contribution in [0.5, 0.6) is 0 Å². The summed E-state index contributed by atoms with van der Waals surface area (Å²) in [4.78, 5) is 10.6. The van der Waals surface area contributed by atoms with Crippen molar-refractivity contribution in [1.29, 1.82) is 0 Å². The molecule has 48 valence electrons. The average molecular weight is 176 g/mol. The van der Waals surface area contributed by atoms with E-state index in [4.69, 9.17) is 0 Å². The van der Waals surface area contributed by atoms with Crippen molar-refractivity contribution in [3.05, 3.63) is 22.4 Å². The van der Waals surface area contributed by atoms with E-state index in [-0.39, 0.29) is 5.43 Å². The van der Waals surface area contributed by atoms with Crippen LogP contribution < -0.4 is 5.43 Å². The lowest BCUT2D eigenvalue weighted by Gasteiger charge is -1.87. The van der Waals surface area contributed by atoms with Gasteiger partial charge in [0.05, 0.1) is 8.42 Å². The largest absolute Gasteiger partial charge is 0.290 e. The van der Waals surface area contributed by atoms with Gasteiger partial charge in [-0.25, -0.2) is 0 Å². The Morgan fingerprint density at radius 2 is 1.67 bits per heavy atom. The zero-order chi connectivity index (χ0) is 6.85. The molecule has 0 amide bonds. The molecular formula is C5H4OS3. The zero-order valence-corrected chi connectivity index (χ0v) is 6.97. The second-order valence-corrected chi connectivity index (χ2v) is 4.12. The summed E-state index contributed by atoms with van der Waals surface area (Å²) in [6.07, 6.45) is 0. The molecular weight excluding hydrogens is 172 g/mol. The van der Waals surface area contributed by atoms with Crippen molar-refractivity contribution >= 4 is 36.6 Å². The van der Waals surface area contributed by atoms with Crippen molar-refractivity contribution in [1.82, 2.24) is 0 Å². The van der Waals surface area contributed by atoms with Crippen LogP contribution in [0.2, 0.25) is 0 Å². The predicted molar refractivity (Wildman–Crippen MR) is 45.1 cm³/mol. The predicted octanol–water partition coefficient (Wildman–Crippen LogP) is 1.69. The molecule has 0 N–H and O–H groups in total. The maximum Gasteiger partial charge on any atom is 0.182 e. The third kappa shape index (κ3) is 2.04. The first-order valence-electron chi connectivity index (χ1n) is 2.21. The molecule has 1 nitrogen and oxygen atoms in total. The minimum Gasteiger partial charge on any atom is -0.290 e. The SMILES string of the molecule is O=c1cc(S)sc(S)c1. The molecule has 1 aromatic heterocycles. The van der Waals surface area contributed by atoms with Crippen LogP contribution in [0.1, 0.15) is 0 Å². The van der Waals surface area contributed by atoms with Crippen molar-refractivity contribution < 1.29 is 0 Å². The molecule has 0 radical (unpaired) electrons. The van der Waals surface area contributed by atoms with Crippen LogP contribution in [0.25, 0.3) is 0 Å². The standard InChI is InChI=1S/C5H4OS3/c6-3-1-4(7)9-5(8)2-3/h1-2,7-8H. The normalized spacial score (nSPS) is 9.56. The minimum atomic E-state index is -0.0382. The van der Waals surface area contributed by atoms with Gasteiger partial charge in [-0.15, -0.1) is 36.6 Å². The molecule has 1 rings (SSSR count). The quantitative estimate of drug-likeness (QED) is 0.575. The summed E-state index contributed by atoms with van der Waals surface area (Å²) in [7, 11) is 0. The van der Waals surface area contributed by atoms with Gasteiger partial charge in [0.25, 0.3) is 0 Å². The summed E-state index contributed by atoms with van der Waals surface area (Å²) < 4.78 is 1.40. The molecule has 0 aliphatic heterocycles. The average Bonchev–Trinajstić information content (AvgIpc) is 1.59. The highest BCUT2D eigenvalue weighted by atomic mass is 32.2. The van der Waals surface area contributed by atoms with Crippen LogP contribution in [0.4, 0.5) is 0 Å². The van der Waals surface area contributed by atoms with E-state index in [1.54, 1.807) is 0 Å². The fourth-order valence-corrected chi connectivity index (χ4v) is 2.08. The zero-order valence-electron chi connectivity index (χ0n) is 4.37. The van der Waals surface area contributed by atoms with Crippen LogP contribution in [0.15, 0.2) is 25.3 Å². The highest BCUT2D eigenvalue weighted by Gasteiger charge is 1.90. The van der Waals surface area contributed by atoms with Gasteiger partial charge in [-0.05, 0) is 0 Å². The molecule has 0 aliphatic carbocycles. The maximum atomic E-state index is 10.6. The summed E-state index contributed by atoms with van der Waals surface area (Å²) in [5.41, 5.74) is -0.0382. The second-order valence-electron chi connectivity index (χ2n) is 1.47. The van der Waals surface area contributed by atoms with E-state index in [9.17, 15) is 4.79 Å². The smallest absolute Gasteiger partial charge is 0.182 e. The van der Waals surface area contributed by atoms with Crippen molar-refractivity contribution in [2.75, 3.05) is 0 Å². The fraction of sp³-hybridized carbons (Fsp3) is 0. The fourth-order valence-electron chi connectivity index (χ4n) is 0.451. The van der Waals surface area contributed by atoms with Gasteiger partial charge in [0.15, 0.2) is 5.43 Å². The number of hydrogen-bond donors (Lipinski definition) is 2. The Balaban J connectivity index is 3.33. The third-order valence-electron chi connectivity index (χ3n) is 0.741. The Hall–Kier alpha value is 0.0700. The molecule has 0 unspecified atom stereocenters. The van der Waals surface area contributed by atoms with Gasteiger partial charge in [0.1, 0.15) is 0 Å². The van der Waals surface area contributed by atoms with Gasteiger partial charge < -0.3 is 0 Å². The maximum absolute atomic E-state index is 10.6. The van der Waals surface area contributed by atoms with Crippen LogP contribution in [-0.4, -0.2) is 0 Å².